The lowest BCUT2D eigenvalue weighted by Crippen LogP contribution is -2.26. The molecule has 0 aromatic carbocycles. The molecular weight excluding hydrogens is 175 g/mol. The Morgan fingerprint density at radius 1 is 1.14 bits per heavy atom. The van der Waals surface area contributed by atoms with E-state index in [0.29, 0.717) is 11.8 Å². The molecule has 0 radical (unpaired) electrons. The fourth-order valence-corrected chi connectivity index (χ4v) is 2.94. The third kappa shape index (κ3) is 3.25. The van der Waals surface area contributed by atoms with Crippen LogP contribution in [0.15, 0.2) is 0 Å². The van der Waals surface area contributed by atoms with Crippen molar-refractivity contribution in [1.82, 2.24) is 0 Å². The van der Waals surface area contributed by atoms with E-state index >= 15 is 0 Å². The van der Waals surface area contributed by atoms with Crippen LogP contribution < -0.4 is 0 Å². The Morgan fingerprint density at radius 3 is 2.29 bits per heavy atom. The molecule has 14 heavy (non-hydrogen) atoms. The lowest BCUT2D eigenvalue weighted by Gasteiger charge is -2.31. The zero-order valence-electron chi connectivity index (χ0n) is 9.77. The third-order valence-electron chi connectivity index (χ3n) is 3.76. The van der Waals surface area contributed by atoms with E-state index in [0.717, 1.165) is 19.3 Å². The van der Waals surface area contributed by atoms with Gasteiger partial charge < -0.3 is 0 Å². The summed E-state index contributed by atoms with van der Waals surface area (Å²) < 4.78 is 13.9. The van der Waals surface area contributed by atoms with E-state index in [2.05, 4.69) is 13.8 Å². The van der Waals surface area contributed by atoms with Gasteiger partial charge in [-0.1, -0.05) is 58.8 Å². The lowest BCUT2D eigenvalue weighted by molar-refractivity contribution is 0.122. The third-order valence-corrected chi connectivity index (χ3v) is 3.76. The predicted octanol–water partition coefficient (Wildman–Crippen LogP) is 4.73. The highest BCUT2D eigenvalue weighted by molar-refractivity contribution is 4.78. The Labute approximate surface area is 88.3 Å². The number of alkyl halides is 1. The van der Waals surface area contributed by atoms with Gasteiger partial charge in [-0.15, -0.1) is 0 Å². The first-order valence-electron chi connectivity index (χ1n) is 6.43. The van der Waals surface area contributed by atoms with Gasteiger partial charge in [0.15, 0.2) is 0 Å². The number of halogens is 1. The molecule has 0 aromatic rings. The first-order valence-corrected chi connectivity index (χ1v) is 6.43. The molecule has 1 heteroatoms. The number of hydrogen-bond acceptors (Lipinski definition) is 0. The highest BCUT2D eigenvalue weighted by atomic mass is 19.1. The van der Waals surface area contributed by atoms with Gasteiger partial charge >= 0.3 is 0 Å². The van der Waals surface area contributed by atoms with Crippen LogP contribution in [0.25, 0.3) is 0 Å². The highest BCUT2D eigenvalue weighted by Crippen LogP contribution is 2.35. The van der Waals surface area contributed by atoms with Gasteiger partial charge in [-0.2, -0.15) is 0 Å². The summed E-state index contributed by atoms with van der Waals surface area (Å²) in [4.78, 5) is 0. The van der Waals surface area contributed by atoms with Crippen LogP contribution in [0.5, 0.6) is 0 Å². The van der Waals surface area contributed by atoms with E-state index in [1.54, 1.807) is 0 Å². The van der Waals surface area contributed by atoms with Crippen LogP contribution in [0.1, 0.15) is 65.2 Å². The first-order chi connectivity index (χ1) is 6.79. The van der Waals surface area contributed by atoms with Gasteiger partial charge in [-0.25, -0.2) is 4.39 Å². The second kappa shape index (κ2) is 6.42. The van der Waals surface area contributed by atoms with Crippen molar-refractivity contribution in [1.29, 1.82) is 0 Å². The predicted molar refractivity (Wildman–Crippen MR) is 60.2 cm³/mol. The SMILES string of the molecule is CCCC(F)[C@@H](CC)C1CCCCC1. The van der Waals surface area contributed by atoms with Crippen LogP contribution in [0.3, 0.4) is 0 Å². The molecule has 0 spiro atoms. The Morgan fingerprint density at radius 2 is 1.79 bits per heavy atom. The molecule has 0 aromatic heterocycles. The summed E-state index contributed by atoms with van der Waals surface area (Å²) in [5, 5.41) is 0. The quantitative estimate of drug-likeness (QED) is 0.601. The Kier molecular flexibility index (Phi) is 5.50. The van der Waals surface area contributed by atoms with E-state index in [9.17, 15) is 4.39 Å². The highest BCUT2D eigenvalue weighted by Gasteiger charge is 2.28. The second-order valence-electron chi connectivity index (χ2n) is 4.77. The monoisotopic (exact) mass is 200 g/mol. The molecule has 1 aliphatic rings. The average Bonchev–Trinajstić information content (AvgIpc) is 2.21. The van der Waals surface area contributed by atoms with Crippen molar-refractivity contribution in [3.8, 4) is 0 Å². The maximum absolute atomic E-state index is 13.9. The summed E-state index contributed by atoms with van der Waals surface area (Å²) in [6.45, 7) is 4.24. The van der Waals surface area contributed by atoms with Crippen molar-refractivity contribution in [3.63, 3.8) is 0 Å². The summed E-state index contributed by atoms with van der Waals surface area (Å²) in [5.41, 5.74) is 0. The summed E-state index contributed by atoms with van der Waals surface area (Å²) in [6.07, 6.45) is 8.86. The first kappa shape index (κ1) is 12.0. The van der Waals surface area contributed by atoms with E-state index < -0.39 is 6.17 Å². The second-order valence-corrected chi connectivity index (χ2v) is 4.77. The molecular formula is C13H25F. The van der Waals surface area contributed by atoms with Gasteiger partial charge in [0.25, 0.3) is 0 Å². The van der Waals surface area contributed by atoms with Crippen LogP contribution in [0, 0.1) is 11.8 Å². The van der Waals surface area contributed by atoms with Gasteiger partial charge in [0.05, 0.1) is 0 Å². The molecule has 0 saturated heterocycles. The lowest BCUT2D eigenvalue weighted by atomic mass is 9.76. The molecule has 1 aliphatic carbocycles. The van der Waals surface area contributed by atoms with Crippen molar-refractivity contribution >= 4 is 0 Å². The van der Waals surface area contributed by atoms with Gasteiger partial charge in [0, 0.05) is 0 Å². The van der Waals surface area contributed by atoms with Gasteiger partial charge in [0.2, 0.25) is 0 Å². The zero-order chi connectivity index (χ0) is 10.4. The Hall–Kier alpha value is -0.0700. The normalized spacial score (nSPS) is 23.4. The minimum absolute atomic E-state index is 0.357. The van der Waals surface area contributed by atoms with Crippen molar-refractivity contribution in [2.75, 3.05) is 0 Å². The van der Waals surface area contributed by atoms with Crippen molar-refractivity contribution in [2.24, 2.45) is 11.8 Å². The van der Waals surface area contributed by atoms with Crippen LogP contribution in [0.2, 0.25) is 0 Å². The van der Waals surface area contributed by atoms with Gasteiger partial charge in [-0.05, 0) is 18.3 Å². The molecule has 1 rings (SSSR count). The zero-order valence-corrected chi connectivity index (χ0v) is 9.77. The fourth-order valence-electron chi connectivity index (χ4n) is 2.94. The summed E-state index contributed by atoms with van der Waals surface area (Å²) in [7, 11) is 0. The van der Waals surface area contributed by atoms with E-state index in [1.807, 2.05) is 0 Å². The van der Waals surface area contributed by atoms with Crippen LogP contribution in [-0.2, 0) is 0 Å². The van der Waals surface area contributed by atoms with Crippen LogP contribution in [0.4, 0.5) is 4.39 Å². The molecule has 0 nitrogen and oxygen atoms in total. The van der Waals surface area contributed by atoms with E-state index in [4.69, 9.17) is 0 Å². The Balaban J connectivity index is 2.41. The molecule has 0 heterocycles. The van der Waals surface area contributed by atoms with E-state index in [-0.39, 0.29) is 0 Å². The maximum atomic E-state index is 13.9. The maximum Gasteiger partial charge on any atom is 0.103 e. The van der Waals surface area contributed by atoms with Gasteiger partial charge in [-0.3, -0.25) is 0 Å². The van der Waals surface area contributed by atoms with Crippen molar-refractivity contribution < 1.29 is 4.39 Å². The van der Waals surface area contributed by atoms with Crippen molar-refractivity contribution in [3.05, 3.63) is 0 Å². The van der Waals surface area contributed by atoms with Crippen molar-refractivity contribution in [2.45, 2.75) is 71.4 Å². The van der Waals surface area contributed by atoms with Crippen LogP contribution >= 0.6 is 0 Å². The molecule has 1 saturated carbocycles. The summed E-state index contributed by atoms with van der Waals surface area (Å²) in [6, 6.07) is 0. The smallest absolute Gasteiger partial charge is 0.103 e. The molecule has 0 amide bonds. The molecule has 0 bridgehead atoms. The summed E-state index contributed by atoms with van der Waals surface area (Å²) in [5.74, 6) is 1.05. The molecule has 1 unspecified atom stereocenters. The fraction of sp³-hybridized carbons (Fsp3) is 1.00. The number of rotatable bonds is 5. The largest absolute Gasteiger partial charge is 0.247 e. The average molecular weight is 200 g/mol. The minimum atomic E-state index is -0.534. The van der Waals surface area contributed by atoms with Gasteiger partial charge in [0.1, 0.15) is 6.17 Å². The Bertz CT molecular complexity index is 138. The molecule has 0 aliphatic heterocycles. The van der Waals surface area contributed by atoms with E-state index in [1.165, 1.54) is 32.1 Å². The standard InChI is InChI=1S/C13H25F/c1-3-8-13(14)12(4-2)11-9-6-5-7-10-11/h11-13H,3-10H2,1-2H3/t12-,13?/m0/s1. The minimum Gasteiger partial charge on any atom is -0.247 e. The molecule has 1 fully saturated rings. The number of hydrogen-bond donors (Lipinski definition) is 0. The topological polar surface area (TPSA) is 0 Å². The summed E-state index contributed by atoms with van der Waals surface area (Å²) >= 11 is 0. The molecule has 2 atom stereocenters. The van der Waals surface area contributed by atoms with Crippen LogP contribution in [-0.4, -0.2) is 6.17 Å². The molecule has 0 N–H and O–H groups in total. The molecule has 84 valence electrons.